The summed E-state index contributed by atoms with van der Waals surface area (Å²) in [5.41, 5.74) is 1.55. The zero-order chi connectivity index (χ0) is 16.3. The van der Waals surface area contributed by atoms with E-state index >= 15 is 0 Å². The molecule has 0 radical (unpaired) electrons. The molecule has 1 heterocycles. The molecule has 21 heavy (non-hydrogen) atoms. The number of nitrogens with one attached hydrogen (secondary N) is 2. The van der Waals surface area contributed by atoms with Crippen LogP contribution in [0.4, 0.5) is 9.59 Å². The number of nitrogens with zero attached hydrogens (tertiary/aromatic N) is 1. The molecule has 0 aromatic rings. The van der Waals surface area contributed by atoms with Crippen LogP contribution < -0.4 is 10.7 Å². The van der Waals surface area contributed by atoms with Gasteiger partial charge in [-0.25, -0.2) is 9.59 Å². The summed E-state index contributed by atoms with van der Waals surface area (Å²) in [6, 6.07) is 0. The van der Waals surface area contributed by atoms with Crippen LogP contribution in [0.25, 0.3) is 0 Å². The van der Waals surface area contributed by atoms with Crippen molar-refractivity contribution in [2.75, 3.05) is 6.54 Å². The monoisotopic (exact) mass is 301 g/mol. The highest BCUT2D eigenvalue weighted by atomic mass is 16.6. The number of carbonyl (C=O) groups is 2. The number of hydrogen-bond donors (Lipinski definition) is 2. The molecule has 1 fully saturated rings. The van der Waals surface area contributed by atoms with Crippen LogP contribution in [-0.4, -0.2) is 41.1 Å². The van der Waals surface area contributed by atoms with Gasteiger partial charge in [-0.1, -0.05) is 0 Å². The van der Waals surface area contributed by atoms with Crippen LogP contribution in [0.2, 0.25) is 0 Å². The smallest absolute Gasteiger partial charge is 0.422 e. The van der Waals surface area contributed by atoms with Crippen molar-refractivity contribution in [3.63, 3.8) is 0 Å². The standard InChI is InChI=1S/C14H27N3O4/c1-13(2,3)20-11(18)15-10-8-7-9-17(10)16-12(19)21-14(4,5)6/h10H,7-9H2,1-6H3,(H,15,18)(H,16,19)/t10-/m1/s1. The van der Waals surface area contributed by atoms with Gasteiger partial charge in [0, 0.05) is 6.54 Å². The second-order valence-corrected chi connectivity index (χ2v) is 7.11. The molecule has 0 saturated carbocycles. The van der Waals surface area contributed by atoms with Crippen LogP contribution in [-0.2, 0) is 9.47 Å². The third-order valence-corrected chi connectivity index (χ3v) is 2.57. The predicted octanol–water partition coefficient (Wildman–Crippen LogP) is 2.37. The number of rotatable bonds is 2. The third kappa shape index (κ3) is 7.17. The maximum Gasteiger partial charge on any atom is 0.422 e. The van der Waals surface area contributed by atoms with Crippen LogP contribution in [0.5, 0.6) is 0 Å². The lowest BCUT2D eigenvalue weighted by Gasteiger charge is -2.28. The molecule has 1 atom stereocenters. The van der Waals surface area contributed by atoms with Gasteiger partial charge in [-0.05, 0) is 54.4 Å². The molecule has 0 bridgehead atoms. The largest absolute Gasteiger partial charge is 0.444 e. The van der Waals surface area contributed by atoms with Crippen molar-refractivity contribution >= 4 is 12.2 Å². The molecule has 0 aromatic carbocycles. The Morgan fingerprint density at radius 2 is 1.52 bits per heavy atom. The lowest BCUT2D eigenvalue weighted by molar-refractivity contribution is 0.0208. The lowest BCUT2D eigenvalue weighted by atomic mass is 10.2. The van der Waals surface area contributed by atoms with Crippen molar-refractivity contribution in [1.29, 1.82) is 0 Å². The lowest BCUT2D eigenvalue weighted by Crippen LogP contribution is -2.54. The summed E-state index contributed by atoms with van der Waals surface area (Å²) in [6.07, 6.45) is 0.309. The molecule has 1 saturated heterocycles. The van der Waals surface area contributed by atoms with Crippen LogP contribution in [0.1, 0.15) is 54.4 Å². The number of alkyl carbamates (subject to hydrolysis) is 1. The Kier molecular flexibility index (Phi) is 5.44. The number of amides is 2. The molecular formula is C14H27N3O4. The van der Waals surface area contributed by atoms with Crippen LogP contribution in [0.3, 0.4) is 0 Å². The maximum atomic E-state index is 11.8. The van der Waals surface area contributed by atoms with Crippen molar-refractivity contribution in [3.8, 4) is 0 Å². The summed E-state index contributed by atoms with van der Waals surface area (Å²) >= 11 is 0. The molecule has 7 nitrogen and oxygen atoms in total. The van der Waals surface area contributed by atoms with Crippen LogP contribution in [0, 0.1) is 0 Å². The van der Waals surface area contributed by atoms with Gasteiger partial charge in [0.05, 0.1) is 0 Å². The van der Waals surface area contributed by atoms with E-state index in [0.717, 1.165) is 12.8 Å². The van der Waals surface area contributed by atoms with Gasteiger partial charge in [-0.2, -0.15) is 5.01 Å². The van der Waals surface area contributed by atoms with Crippen LogP contribution in [0.15, 0.2) is 0 Å². The minimum atomic E-state index is -0.558. The maximum absolute atomic E-state index is 11.8. The van der Waals surface area contributed by atoms with Crippen molar-refractivity contribution in [1.82, 2.24) is 15.8 Å². The summed E-state index contributed by atoms with van der Waals surface area (Å²) in [5.74, 6) is 0. The molecule has 1 aliphatic rings. The average Bonchev–Trinajstić information content (AvgIpc) is 2.59. The molecule has 1 aliphatic heterocycles. The second-order valence-electron chi connectivity index (χ2n) is 7.11. The van der Waals surface area contributed by atoms with Gasteiger partial charge in [0.25, 0.3) is 0 Å². The van der Waals surface area contributed by atoms with Crippen molar-refractivity contribution in [2.24, 2.45) is 0 Å². The summed E-state index contributed by atoms with van der Waals surface area (Å²) in [5, 5.41) is 4.41. The summed E-state index contributed by atoms with van der Waals surface area (Å²) in [4.78, 5) is 23.5. The molecule has 1 rings (SSSR count). The van der Waals surface area contributed by atoms with Crippen molar-refractivity contribution in [2.45, 2.75) is 71.8 Å². The second kappa shape index (κ2) is 6.51. The quantitative estimate of drug-likeness (QED) is 0.818. The number of carbonyl (C=O) groups excluding carboxylic acids is 2. The van der Waals surface area contributed by atoms with E-state index in [-0.39, 0.29) is 6.17 Å². The van der Waals surface area contributed by atoms with Gasteiger partial charge in [0.2, 0.25) is 0 Å². The summed E-state index contributed by atoms with van der Waals surface area (Å²) < 4.78 is 10.4. The Balaban J connectivity index is 2.48. The van der Waals surface area contributed by atoms with E-state index in [1.807, 2.05) is 0 Å². The van der Waals surface area contributed by atoms with Gasteiger partial charge in [-0.15, -0.1) is 0 Å². The average molecular weight is 301 g/mol. The van der Waals surface area contributed by atoms with E-state index in [1.54, 1.807) is 46.6 Å². The highest BCUT2D eigenvalue weighted by Crippen LogP contribution is 2.15. The normalized spacial score (nSPS) is 20.0. The molecule has 122 valence electrons. The first kappa shape index (κ1) is 17.6. The SMILES string of the molecule is CC(C)(C)OC(=O)N[C@H]1CCCN1NC(=O)OC(C)(C)C. The number of hydrazine groups is 1. The van der Waals surface area contributed by atoms with E-state index < -0.39 is 23.4 Å². The number of ether oxygens (including phenoxy) is 2. The predicted molar refractivity (Wildman–Crippen MR) is 78.5 cm³/mol. The molecule has 0 aromatic heterocycles. The Labute approximate surface area is 126 Å². The van der Waals surface area contributed by atoms with Gasteiger partial charge in [0.1, 0.15) is 17.4 Å². The molecule has 7 heteroatoms. The minimum absolute atomic E-state index is 0.285. The Morgan fingerprint density at radius 1 is 1.00 bits per heavy atom. The van der Waals surface area contributed by atoms with Gasteiger partial charge in [0.15, 0.2) is 0 Å². The fraction of sp³-hybridized carbons (Fsp3) is 0.857. The highest BCUT2D eigenvalue weighted by molar-refractivity contribution is 5.69. The van der Waals surface area contributed by atoms with Gasteiger partial charge < -0.3 is 14.8 Å². The molecular weight excluding hydrogens is 274 g/mol. The molecule has 0 spiro atoms. The topological polar surface area (TPSA) is 79.9 Å². The van der Waals surface area contributed by atoms with Crippen molar-refractivity contribution in [3.05, 3.63) is 0 Å². The van der Waals surface area contributed by atoms with Gasteiger partial charge in [-0.3, -0.25) is 5.43 Å². The minimum Gasteiger partial charge on any atom is -0.444 e. The molecule has 0 unspecified atom stereocenters. The fourth-order valence-corrected chi connectivity index (χ4v) is 1.91. The highest BCUT2D eigenvalue weighted by Gasteiger charge is 2.30. The van der Waals surface area contributed by atoms with E-state index in [0.29, 0.717) is 6.54 Å². The summed E-state index contributed by atoms with van der Waals surface area (Å²) in [7, 11) is 0. The molecule has 0 aliphatic carbocycles. The Morgan fingerprint density at radius 3 is 2.05 bits per heavy atom. The Hall–Kier alpha value is -1.50. The first-order valence-electron chi connectivity index (χ1n) is 7.22. The van der Waals surface area contributed by atoms with Crippen molar-refractivity contribution < 1.29 is 19.1 Å². The third-order valence-electron chi connectivity index (χ3n) is 2.57. The fourth-order valence-electron chi connectivity index (χ4n) is 1.91. The zero-order valence-corrected chi connectivity index (χ0v) is 13.8. The summed E-state index contributed by atoms with van der Waals surface area (Å²) in [6.45, 7) is 11.5. The molecule has 2 amide bonds. The van der Waals surface area contributed by atoms with E-state index in [1.165, 1.54) is 0 Å². The first-order chi connectivity index (χ1) is 9.46. The Bertz CT molecular complexity index is 349. The van der Waals surface area contributed by atoms with E-state index in [4.69, 9.17) is 9.47 Å². The molecule has 2 N–H and O–H groups in total. The zero-order valence-electron chi connectivity index (χ0n) is 13.8. The van der Waals surface area contributed by atoms with Crippen LogP contribution >= 0.6 is 0 Å². The van der Waals surface area contributed by atoms with E-state index in [9.17, 15) is 9.59 Å². The number of hydrogen-bond acceptors (Lipinski definition) is 5. The first-order valence-corrected chi connectivity index (χ1v) is 7.22. The van der Waals surface area contributed by atoms with Gasteiger partial charge >= 0.3 is 12.2 Å². The van der Waals surface area contributed by atoms with E-state index in [2.05, 4.69) is 10.7 Å².